The molecule has 0 aromatic heterocycles. The second-order valence-electron chi connectivity index (χ2n) is 8.53. The maximum absolute atomic E-state index is 12.3. The average Bonchev–Trinajstić information content (AvgIpc) is 2.93. The Morgan fingerprint density at radius 1 is 1.30 bits per heavy atom. The summed E-state index contributed by atoms with van der Waals surface area (Å²) in [4.78, 5) is 25.4. The SMILES string of the molecule is CC(C)(C)[Si](C)(C)OCC[C@H]1CN(c2ccc3c(c2)NC(=O)CO3)C(=O)O1. The van der Waals surface area contributed by atoms with Crippen molar-refractivity contribution < 1.29 is 23.5 Å². The van der Waals surface area contributed by atoms with Gasteiger partial charge in [-0.1, -0.05) is 20.8 Å². The van der Waals surface area contributed by atoms with Crippen molar-refractivity contribution >= 4 is 31.7 Å². The second kappa shape index (κ2) is 7.16. The minimum Gasteiger partial charge on any atom is -0.482 e. The Hall–Kier alpha value is -2.06. The fourth-order valence-electron chi connectivity index (χ4n) is 2.78. The van der Waals surface area contributed by atoms with Gasteiger partial charge in [0.15, 0.2) is 14.9 Å². The first kappa shape index (κ1) is 19.7. The predicted molar refractivity (Wildman–Crippen MR) is 106 cm³/mol. The molecule has 0 aliphatic carbocycles. The zero-order valence-electron chi connectivity index (χ0n) is 16.6. The van der Waals surface area contributed by atoms with Crippen LogP contribution in [0.2, 0.25) is 18.1 Å². The molecule has 3 rings (SSSR count). The van der Waals surface area contributed by atoms with Gasteiger partial charge in [0.1, 0.15) is 11.9 Å². The molecule has 1 saturated heterocycles. The van der Waals surface area contributed by atoms with E-state index in [9.17, 15) is 9.59 Å². The summed E-state index contributed by atoms with van der Waals surface area (Å²) in [6, 6.07) is 5.29. The second-order valence-corrected chi connectivity index (χ2v) is 13.3. The van der Waals surface area contributed by atoms with Crippen molar-refractivity contribution in [1.29, 1.82) is 0 Å². The zero-order chi connectivity index (χ0) is 19.8. The molecule has 0 unspecified atom stereocenters. The van der Waals surface area contributed by atoms with Crippen molar-refractivity contribution in [2.24, 2.45) is 0 Å². The number of benzene rings is 1. The fourth-order valence-corrected chi connectivity index (χ4v) is 3.84. The molecule has 2 heterocycles. The van der Waals surface area contributed by atoms with E-state index in [1.54, 1.807) is 23.1 Å². The molecular formula is C19H28N2O5Si. The van der Waals surface area contributed by atoms with Crippen LogP contribution in [0.15, 0.2) is 18.2 Å². The van der Waals surface area contributed by atoms with Gasteiger partial charge in [-0.2, -0.15) is 0 Å². The molecule has 1 fully saturated rings. The number of hydrogen-bond acceptors (Lipinski definition) is 5. The van der Waals surface area contributed by atoms with Gasteiger partial charge in [-0.15, -0.1) is 0 Å². The summed E-state index contributed by atoms with van der Waals surface area (Å²) < 4.78 is 17.0. The third kappa shape index (κ3) is 4.27. The number of nitrogens with zero attached hydrogens (tertiary/aromatic N) is 1. The summed E-state index contributed by atoms with van der Waals surface area (Å²) >= 11 is 0. The van der Waals surface area contributed by atoms with Gasteiger partial charge in [0.25, 0.3) is 5.91 Å². The molecule has 148 valence electrons. The van der Waals surface area contributed by atoms with Crippen LogP contribution in [0, 0.1) is 0 Å². The maximum Gasteiger partial charge on any atom is 0.414 e. The minimum atomic E-state index is -1.81. The van der Waals surface area contributed by atoms with Gasteiger partial charge in [-0.25, -0.2) is 4.79 Å². The third-order valence-electron chi connectivity index (χ3n) is 5.49. The van der Waals surface area contributed by atoms with Crippen molar-refractivity contribution in [3.63, 3.8) is 0 Å². The van der Waals surface area contributed by atoms with Crippen LogP contribution in [0.5, 0.6) is 5.75 Å². The van der Waals surface area contributed by atoms with Gasteiger partial charge in [-0.05, 0) is 36.3 Å². The van der Waals surface area contributed by atoms with Gasteiger partial charge in [0.05, 0.1) is 12.2 Å². The lowest BCUT2D eigenvalue weighted by Gasteiger charge is -2.36. The van der Waals surface area contributed by atoms with Crippen LogP contribution in [-0.4, -0.2) is 46.2 Å². The molecule has 1 aromatic carbocycles. The van der Waals surface area contributed by atoms with E-state index in [1.807, 2.05) is 0 Å². The summed E-state index contributed by atoms with van der Waals surface area (Å²) in [7, 11) is -1.81. The highest BCUT2D eigenvalue weighted by atomic mass is 28.4. The van der Waals surface area contributed by atoms with Crippen molar-refractivity contribution in [3.05, 3.63) is 18.2 Å². The standard InChI is InChI=1S/C19H28N2O5Si/c1-19(2,3)27(4,5)25-9-8-14-11-21(18(23)26-14)13-6-7-16-15(10-13)20-17(22)12-24-16/h6-7,10,14H,8-9,11-12H2,1-5H3,(H,20,22)/t14-/m0/s1. The number of anilines is 2. The third-order valence-corrected chi connectivity index (χ3v) is 10.0. The Morgan fingerprint density at radius 2 is 2.04 bits per heavy atom. The topological polar surface area (TPSA) is 77.1 Å². The van der Waals surface area contributed by atoms with Gasteiger partial charge >= 0.3 is 6.09 Å². The highest BCUT2D eigenvalue weighted by molar-refractivity contribution is 6.74. The molecular weight excluding hydrogens is 364 g/mol. The van der Waals surface area contributed by atoms with E-state index in [0.717, 1.165) is 0 Å². The van der Waals surface area contributed by atoms with Gasteiger partial charge in [0.2, 0.25) is 0 Å². The van der Waals surface area contributed by atoms with Gasteiger partial charge in [0, 0.05) is 18.7 Å². The van der Waals surface area contributed by atoms with Crippen LogP contribution in [0.4, 0.5) is 16.2 Å². The van der Waals surface area contributed by atoms with Crippen LogP contribution in [0.1, 0.15) is 27.2 Å². The quantitative estimate of drug-likeness (QED) is 0.772. The van der Waals surface area contributed by atoms with Crippen LogP contribution in [0.25, 0.3) is 0 Å². The van der Waals surface area contributed by atoms with Crippen LogP contribution >= 0.6 is 0 Å². The summed E-state index contributed by atoms with van der Waals surface area (Å²) in [5.41, 5.74) is 1.25. The molecule has 0 saturated carbocycles. The Balaban J connectivity index is 1.60. The molecule has 0 spiro atoms. The van der Waals surface area contributed by atoms with E-state index in [-0.39, 0.29) is 29.7 Å². The van der Waals surface area contributed by atoms with Crippen LogP contribution in [0.3, 0.4) is 0 Å². The highest BCUT2D eigenvalue weighted by Crippen LogP contribution is 2.37. The number of cyclic esters (lactones) is 1. The van der Waals surface area contributed by atoms with Crippen molar-refractivity contribution in [2.75, 3.05) is 30.0 Å². The lowest BCUT2D eigenvalue weighted by Crippen LogP contribution is -2.41. The normalized spacial score (nSPS) is 20.0. The Morgan fingerprint density at radius 3 is 2.74 bits per heavy atom. The van der Waals surface area contributed by atoms with E-state index in [0.29, 0.717) is 36.7 Å². The van der Waals surface area contributed by atoms with Gasteiger partial charge < -0.3 is 19.2 Å². The van der Waals surface area contributed by atoms with Crippen molar-refractivity contribution in [3.8, 4) is 5.75 Å². The molecule has 0 radical (unpaired) electrons. The molecule has 1 atom stereocenters. The molecule has 27 heavy (non-hydrogen) atoms. The number of nitrogens with one attached hydrogen (secondary N) is 1. The predicted octanol–water partition coefficient (Wildman–Crippen LogP) is 3.75. The smallest absolute Gasteiger partial charge is 0.414 e. The van der Waals surface area contributed by atoms with E-state index in [1.165, 1.54) is 0 Å². The summed E-state index contributed by atoms with van der Waals surface area (Å²) in [6.45, 7) is 12.1. The van der Waals surface area contributed by atoms with E-state index >= 15 is 0 Å². The molecule has 8 heteroatoms. The number of fused-ring (bicyclic) bond motifs is 1. The lowest BCUT2D eigenvalue weighted by atomic mass is 10.2. The van der Waals surface area contributed by atoms with E-state index in [2.05, 4.69) is 39.2 Å². The molecule has 2 aliphatic rings. The van der Waals surface area contributed by atoms with Crippen LogP contribution in [-0.2, 0) is 14.0 Å². The number of rotatable bonds is 5. The Kier molecular flexibility index (Phi) is 5.22. The molecule has 1 N–H and O–H groups in total. The first-order valence-corrected chi connectivity index (χ1v) is 12.2. The van der Waals surface area contributed by atoms with Crippen molar-refractivity contribution in [1.82, 2.24) is 0 Å². The fraction of sp³-hybridized carbons (Fsp3) is 0.579. The Labute approximate surface area is 161 Å². The number of carbonyl (C=O) groups is 2. The highest BCUT2D eigenvalue weighted by Gasteiger charge is 2.38. The van der Waals surface area contributed by atoms with Gasteiger partial charge in [-0.3, -0.25) is 9.69 Å². The minimum absolute atomic E-state index is 0.00834. The number of ether oxygens (including phenoxy) is 2. The molecule has 2 amide bonds. The summed E-state index contributed by atoms with van der Waals surface area (Å²) in [5, 5.41) is 2.91. The first-order valence-electron chi connectivity index (χ1n) is 9.26. The van der Waals surface area contributed by atoms with Crippen molar-refractivity contribution in [2.45, 2.75) is 51.4 Å². The number of hydrogen-bond donors (Lipinski definition) is 1. The lowest BCUT2D eigenvalue weighted by molar-refractivity contribution is -0.118. The largest absolute Gasteiger partial charge is 0.482 e. The first-order chi connectivity index (χ1) is 12.6. The van der Waals surface area contributed by atoms with E-state index < -0.39 is 8.32 Å². The number of amides is 2. The number of carbonyl (C=O) groups excluding carboxylic acids is 2. The summed E-state index contributed by atoms with van der Waals surface area (Å²) in [5.74, 6) is 0.398. The molecule has 0 bridgehead atoms. The molecule has 2 aliphatic heterocycles. The zero-order valence-corrected chi connectivity index (χ0v) is 17.6. The van der Waals surface area contributed by atoms with E-state index in [4.69, 9.17) is 13.9 Å². The van der Waals surface area contributed by atoms with Crippen LogP contribution < -0.4 is 15.0 Å². The maximum atomic E-state index is 12.3. The molecule has 7 nitrogen and oxygen atoms in total. The Bertz CT molecular complexity index is 744. The molecule has 1 aromatic rings. The monoisotopic (exact) mass is 392 g/mol. The summed E-state index contributed by atoms with van der Waals surface area (Å²) in [6.07, 6.45) is 0.0824. The average molecular weight is 393 g/mol.